The molecule has 0 radical (unpaired) electrons. The molecule has 0 spiro atoms. The fraction of sp³-hybridized carbons (Fsp3) is 0.571. The summed E-state index contributed by atoms with van der Waals surface area (Å²) in [6.45, 7) is 11.7. The zero-order chi connectivity index (χ0) is 20.9. The number of imidazole rings is 1. The van der Waals surface area contributed by atoms with Crippen molar-refractivity contribution in [1.29, 1.82) is 0 Å². The molecule has 7 heteroatoms. The largest absolute Gasteiger partial charge is 0.444 e. The highest BCUT2D eigenvalue weighted by molar-refractivity contribution is 5.79. The van der Waals surface area contributed by atoms with Crippen molar-refractivity contribution < 1.29 is 14.3 Å². The van der Waals surface area contributed by atoms with Crippen LogP contribution in [-0.2, 0) is 16.0 Å². The molecular weight excluding hydrogens is 356 g/mol. The lowest BCUT2D eigenvalue weighted by molar-refractivity contribution is -0.122. The summed E-state index contributed by atoms with van der Waals surface area (Å²) in [7, 11) is 0. The third kappa shape index (κ3) is 5.71. The topological polar surface area (TPSA) is 84.7 Å². The Morgan fingerprint density at radius 2 is 1.89 bits per heavy atom. The lowest BCUT2D eigenvalue weighted by Crippen LogP contribution is -2.55. The minimum Gasteiger partial charge on any atom is -0.444 e. The summed E-state index contributed by atoms with van der Waals surface area (Å²) in [5.41, 5.74) is 1.55. The number of hydrogen-bond donors (Lipinski definition) is 2. The fourth-order valence-electron chi connectivity index (χ4n) is 3.07. The number of amides is 2. The molecule has 2 heterocycles. The standard InChI is InChI=1S/C21H32N4O3/c1-7-21(8-2,14-22-19(27)28-20(4,5)6)24-17(26)12-16-13-25-11-9-10-15(3)18(25)23-16/h9-11,13H,7-8,12,14H2,1-6H3,(H,22,27)(H,24,26). The smallest absolute Gasteiger partial charge is 0.407 e. The number of nitrogens with one attached hydrogen (secondary N) is 2. The first-order valence-electron chi connectivity index (χ1n) is 9.78. The van der Waals surface area contributed by atoms with Crippen LogP contribution in [0.25, 0.3) is 5.65 Å². The third-order valence-electron chi connectivity index (χ3n) is 4.80. The van der Waals surface area contributed by atoms with E-state index in [1.54, 1.807) is 0 Å². The Labute approximate surface area is 166 Å². The molecule has 0 bridgehead atoms. The number of aryl methyl sites for hydroxylation is 1. The van der Waals surface area contributed by atoms with Crippen molar-refractivity contribution in [3.05, 3.63) is 35.8 Å². The number of pyridine rings is 1. The second kappa shape index (κ2) is 8.63. The van der Waals surface area contributed by atoms with Gasteiger partial charge in [0.1, 0.15) is 11.2 Å². The first-order valence-corrected chi connectivity index (χ1v) is 9.78. The monoisotopic (exact) mass is 388 g/mol. The van der Waals surface area contributed by atoms with Gasteiger partial charge in [-0.2, -0.15) is 0 Å². The molecule has 2 amide bonds. The molecule has 0 atom stereocenters. The predicted molar refractivity (Wildman–Crippen MR) is 109 cm³/mol. The molecule has 2 aromatic rings. The molecule has 28 heavy (non-hydrogen) atoms. The van der Waals surface area contributed by atoms with Gasteiger partial charge in [0.15, 0.2) is 0 Å². The third-order valence-corrected chi connectivity index (χ3v) is 4.80. The predicted octanol–water partition coefficient (Wildman–Crippen LogP) is 3.38. The number of aromatic nitrogens is 2. The second-order valence-corrected chi connectivity index (χ2v) is 8.22. The first kappa shape index (κ1) is 21.7. The van der Waals surface area contributed by atoms with E-state index in [1.807, 2.05) is 70.5 Å². The average molecular weight is 389 g/mol. The minimum atomic E-state index is -0.560. The molecule has 2 rings (SSSR count). The van der Waals surface area contributed by atoms with Crippen LogP contribution in [0.15, 0.2) is 24.5 Å². The summed E-state index contributed by atoms with van der Waals surface area (Å²) in [6, 6.07) is 3.95. The van der Waals surface area contributed by atoms with E-state index >= 15 is 0 Å². The van der Waals surface area contributed by atoms with Crippen molar-refractivity contribution in [2.24, 2.45) is 0 Å². The molecule has 2 aromatic heterocycles. The molecule has 154 valence electrons. The van der Waals surface area contributed by atoms with Crippen LogP contribution >= 0.6 is 0 Å². The Morgan fingerprint density at radius 3 is 2.46 bits per heavy atom. The summed E-state index contributed by atoms with van der Waals surface area (Å²) >= 11 is 0. The number of fused-ring (bicyclic) bond motifs is 1. The maximum Gasteiger partial charge on any atom is 0.407 e. The number of rotatable bonds is 7. The number of carbonyl (C=O) groups is 2. The van der Waals surface area contributed by atoms with Crippen LogP contribution in [0.4, 0.5) is 4.79 Å². The Morgan fingerprint density at radius 1 is 1.21 bits per heavy atom. The molecule has 0 aliphatic heterocycles. The average Bonchev–Trinajstić information content (AvgIpc) is 3.01. The van der Waals surface area contributed by atoms with Crippen LogP contribution in [0.5, 0.6) is 0 Å². The van der Waals surface area contributed by atoms with Gasteiger partial charge in [-0.1, -0.05) is 19.9 Å². The van der Waals surface area contributed by atoms with Gasteiger partial charge in [0.05, 0.1) is 17.7 Å². The Kier molecular flexibility index (Phi) is 6.69. The van der Waals surface area contributed by atoms with E-state index in [4.69, 9.17) is 4.74 Å². The van der Waals surface area contributed by atoms with E-state index in [9.17, 15) is 9.59 Å². The Bertz CT molecular complexity index is 832. The molecule has 2 N–H and O–H groups in total. The van der Waals surface area contributed by atoms with Crippen LogP contribution in [0.1, 0.15) is 58.7 Å². The van der Waals surface area contributed by atoms with Gasteiger partial charge in [0, 0.05) is 18.9 Å². The summed E-state index contributed by atoms with van der Waals surface area (Å²) in [5, 5.41) is 5.88. The van der Waals surface area contributed by atoms with E-state index in [1.165, 1.54) is 0 Å². The van der Waals surface area contributed by atoms with Crippen molar-refractivity contribution in [3.63, 3.8) is 0 Å². The number of alkyl carbamates (subject to hydrolysis) is 1. The molecule has 0 fully saturated rings. The van der Waals surface area contributed by atoms with Crippen LogP contribution in [0, 0.1) is 6.92 Å². The summed E-state index contributed by atoms with van der Waals surface area (Å²) < 4.78 is 7.22. The summed E-state index contributed by atoms with van der Waals surface area (Å²) in [6.07, 6.45) is 4.88. The van der Waals surface area contributed by atoms with E-state index in [-0.39, 0.29) is 12.3 Å². The minimum absolute atomic E-state index is 0.115. The Balaban J connectivity index is 2.02. The molecule has 0 aliphatic rings. The van der Waals surface area contributed by atoms with Gasteiger partial charge in [-0.3, -0.25) is 4.79 Å². The quantitative estimate of drug-likeness (QED) is 0.761. The zero-order valence-electron chi connectivity index (χ0n) is 17.8. The van der Waals surface area contributed by atoms with Crippen molar-refractivity contribution in [2.75, 3.05) is 6.54 Å². The van der Waals surface area contributed by atoms with Crippen molar-refractivity contribution in [2.45, 2.75) is 71.9 Å². The molecule has 0 unspecified atom stereocenters. The van der Waals surface area contributed by atoms with Crippen LogP contribution < -0.4 is 10.6 Å². The Hall–Kier alpha value is -2.57. The van der Waals surface area contributed by atoms with Crippen molar-refractivity contribution in [1.82, 2.24) is 20.0 Å². The summed E-state index contributed by atoms with van der Waals surface area (Å²) in [4.78, 5) is 29.2. The number of ether oxygens (including phenoxy) is 1. The fourth-order valence-corrected chi connectivity index (χ4v) is 3.07. The SMILES string of the molecule is CCC(CC)(CNC(=O)OC(C)(C)C)NC(=O)Cc1cn2cccc(C)c2n1. The zero-order valence-corrected chi connectivity index (χ0v) is 17.8. The number of nitrogens with zero attached hydrogens (tertiary/aromatic N) is 2. The molecule has 7 nitrogen and oxygen atoms in total. The number of carbonyl (C=O) groups excluding carboxylic acids is 2. The van der Waals surface area contributed by atoms with Crippen molar-refractivity contribution >= 4 is 17.6 Å². The summed E-state index contributed by atoms with van der Waals surface area (Å²) in [5.74, 6) is -0.115. The van der Waals surface area contributed by atoms with Crippen LogP contribution in [0.3, 0.4) is 0 Å². The van der Waals surface area contributed by atoms with Crippen molar-refractivity contribution in [3.8, 4) is 0 Å². The van der Waals surface area contributed by atoms with E-state index in [0.29, 0.717) is 25.1 Å². The van der Waals surface area contributed by atoms with Crippen LogP contribution in [-0.4, -0.2) is 39.1 Å². The molecule has 0 saturated heterocycles. The lowest BCUT2D eigenvalue weighted by atomic mass is 9.92. The van der Waals surface area contributed by atoms with Gasteiger partial charge >= 0.3 is 6.09 Å². The highest BCUT2D eigenvalue weighted by Gasteiger charge is 2.30. The van der Waals surface area contributed by atoms with E-state index in [0.717, 1.165) is 11.2 Å². The van der Waals surface area contributed by atoms with Gasteiger partial charge in [0.25, 0.3) is 0 Å². The van der Waals surface area contributed by atoms with Gasteiger partial charge in [-0.15, -0.1) is 0 Å². The van der Waals surface area contributed by atoms with Gasteiger partial charge in [-0.05, 0) is 52.2 Å². The van der Waals surface area contributed by atoms with Gasteiger partial charge in [0.2, 0.25) is 5.91 Å². The van der Waals surface area contributed by atoms with Crippen LogP contribution in [0.2, 0.25) is 0 Å². The first-order chi connectivity index (χ1) is 13.1. The normalized spacial score (nSPS) is 12.1. The highest BCUT2D eigenvalue weighted by atomic mass is 16.6. The highest BCUT2D eigenvalue weighted by Crippen LogP contribution is 2.16. The van der Waals surface area contributed by atoms with E-state index in [2.05, 4.69) is 15.6 Å². The number of hydrogen-bond acceptors (Lipinski definition) is 4. The van der Waals surface area contributed by atoms with Gasteiger partial charge < -0.3 is 19.8 Å². The molecule has 0 aliphatic carbocycles. The molecule has 0 saturated carbocycles. The maximum atomic E-state index is 12.7. The van der Waals surface area contributed by atoms with Gasteiger partial charge in [-0.25, -0.2) is 9.78 Å². The second-order valence-electron chi connectivity index (χ2n) is 8.22. The molecule has 0 aromatic carbocycles. The maximum absolute atomic E-state index is 12.7. The van der Waals surface area contributed by atoms with E-state index < -0.39 is 17.2 Å². The molecular formula is C21H32N4O3. The lowest BCUT2D eigenvalue weighted by Gasteiger charge is -2.33.